The average Bonchev–Trinajstić information content (AvgIpc) is 2.36. The Hall–Kier alpha value is -1.59. The number of anilines is 1. The number of amides is 2. The molecule has 0 bridgehead atoms. The second-order valence-electron chi connectivity index (χ2n) is 4.11. The summed E-state index contributed by atoms with van der Waals surface area (Å²) in [7, 11) is 0. The number of rotatable bonds is 5. The first-order chi connectivity index (χ1) is 8.52. The van der Waals surface area contributed by atoms with Gasteiger partial charge in [0.1, 0.15) is 0 Å². The number of nitrogens with two attached hydrogens (primary N) is 1. The number of hydrogen-bond acceptors (Lipinski definition) is 3. The lowest BCUT2D eigenvalue weighted by Gasteiger charge is -2.09. The van der Waals surface area contributed by atoms with E-state index in [1.807, 2.05) is 31.2 Å². The smallest absolute Gasteiger partial charge is 0.243 e. The van der Waals surface area contributed by atoms with Crippen molar-refractivity contribution in [1.29, 1.82) is 0 Å². The van der Waals surface area contributed by atoms with Crippen molar-refractivity contribution in [2.24, 2.45) is 5.73 Å². The van der Waals surface area contributed by atoms with Crippen LogP contribution in [0, 0.1) is 0 Å². The Morgan fingerprint density at radius 1 is 1.37 bits per heavy atom. The number of nitrogens with one attached hydrogen (secondary N) is 2. The molecule has 1 aromatic carbocycles. The monoisotopic (exact) mass is 285 g/mol. The van der Waals surface area contributed by atoms with Gasteiger partial charge in [0.15, 0.2) is 0 Å². The SMILES string of the molecule is CCc1cccc(NC(=O)CNC(=O)[C@@H](C)N)c1.Cl. The second-order valence-corrected chi connectivity index (χ2v) is 4.11. The molecule has 4 N–H and O–H groups in total. The fraction of sp³-hybridized carbons (Fsp3) is 0.385. The summed E-state index contributed by atoms with van der Waals surface area (Å²) in [6.07, 6.45) is 0.908. The molecule has 0 unspecified atom stereocenters. The number of benzene rings is 1. The number of aryl methyl sites for hydroxylation is 1. The number of halogens is 1. The fourth-order valence-electron chi connectivity index (χ4n) is 1.40. The van der Waals surface area contributed by atoms with Crippen molar-refractivity contribution >= 4 is 29.9 Å². The first kappa shape index (κ1) is 17.4. The maximum absolute atomic E-state index is 11.6. The molecule has 0 saturated carbocycles. The lowest BCUT2D eigenvalue weighted by Crippen LogP contribution is -2.41. The third kappa shape index (κ3) is 6.22. The Kier molecular flexibility index (Phi) is 7.79. The van der Waals surface area contributed by atoms with Crippen molar-refractivity contribution in [1.82, 2.24) is 5.32 Å². The van der Waals surface area contributed by atoms with Gasteiger partial charge in [0.05, 0.1) is 12.6 Å². The lowest BCUT2D eigenvalue weighted by atomic mass is 10.1. The van der Waals surface area contributed by atoms with Crippen LogP contribution < -0.4 is 16.4 Å². The quantitative estimate of drug-likeness (QED) is 0.757. The molecule has 0 aliphatic heterocycles. The standard InChI is InChI=1S/C13H19N3O2.ClH/c1-3-10-5-4-6-11(7-10)16-12(17)8-15-13(18)9(2)14;/h4-7,9H,3,8,14H2,1-2H3,(H,15,18)(H,16,17);1H/t9-;/m1./s1. The van der Waals surface area contributed by atoms with Gasteiger partial charge in [-0.1, -0.05) is 19.1 Å². The highest BCUT2D eigenvalue weighted by Crippen LogP contribution is 2.10. The first-order valence-electron chi connectivity index (χ1n) is 5.95. The molecule has 0 fully saturated rings. The van der Waals surface area contributed by atoms with E-state index in [0.717, 1.165) is 17.7 Å². The minimum atomic E-state index is -0.610. The van der Waals surface area contributed by atoms with Gasteiger partial charge < -0.3 is 16.4 Å². The Balaban J connectivity index is 0.00000324. The Labute approximate surface area is 119 Å². The third-order valence-electron chi connectivity index (χ3n) is 2.46. The van der Waals surface area contributed by atoms with E-state index in [9.17, 15) is 9.59 Å². The molecule has 1 rings (SSSR count). The average molecular weight is 286 g/mol. The summed E-state index contributed by atoms with van der Waals surface area (Å²) >= 11 is 0. The Bertz CT molecular complexity index is 436. The van der Waals surface area contributed by atoms with E-state index in [-0.39, 0.29) is 30.8 Å². The second kappa shape index (κ2) is 8.50. The molecule has 0 saturated heterocycles. The number of carbonyl (C=O) groups is 2. The number of hydrogen-bond donors (Lipinski definition) is 3. The van der Waals surface area contributed by atoms with Crippen LogP contribution in [0.25, 0.3) is 0 Å². The van der Waals surface area contributed by atoms with Crippen LogP contribution in [-0.4, -0.2) is 24.4 Å². The highest BCUT2D eigenvalue weighted by molar-refractivity contribution is 5.95. The van der Waals surface area contributed by atoms with E-state index in [1.165, 1.54) is 0 Å². The van der Waals surface area contributed by atoms with Crippen molar-refractivity contribution in [3.8, 4) is 0 Å². The van der Waals surface area contributed by atoms with Gasteiger partial charge in [-0.2, -0.15) is 0 Å². The van der Waals surface area contributed by atoms with Gasteiger partial charge in [-0.3, -0.25) is 9.59 Å². The normalized spacial score (nSPS) is 11.1. The molecule has 0 aliphatic carbocycles. The summed E-state index contributed by atoms with van der Waals surface area (Å²) < 4.78 is 0. The van der Waals surface area contributed by atoms with Crippen LogP contribution in [0.2, 0.25) is 0 Å². The highest BCUT2D eigenvalue weighted by atomic mass is 35.5. The van der Waals surface area contributed by atoms with Gasteiger partial charge in [0.2, 0.25) is 11.8 Å². The van der Waals surface area contributed by atoms with E-state index >= 15 is 0 Å². The minimum absolute atomic E-state index is 0. The zero-order chi connectivity index (χ0) is 13.5. The van der Waals surface area contributed by atoms with Crippen LogP contribution in [0.1, 0.15) is 19.4 Å². The minimum Gasteiger partial charge on any atom is -0.346 e. The predicted molar refractivity (Wildman–Crippen MR) is 78.4 cm³/mol. The fourth-order valence-corrected chi connectivity index (χ4v) is 1.40. The summed E-state index contributed by atoms with van der Waals surface area (Å²) in [5, 5.41) is 5.17. The number of carbonyl (C=O) groups excluding carboxylic acids is 2. The lowest BCUT2D eigenvalue weighted by molar-refractivity contribution is -0.124. The van der Waals surface area contributed by atoms with Gasteiger partial charge >= 0.3 is 0 Å². The van der Waals surface area contributed by atoms with Gasteiger partial charge in [0.25, 0.3) is 0 Å². The van der Waals surface area contributed by atoms with Crippen LogP contribution in [0.4, 0.5) is 5.69 Å². The zero-order valence-electron chi connectivity index (χ0n) is 11.1. The van der Waals surface area contributed by atoms with Gasteiger partial charge in [0, 0.05) is 5.69 Å². The summed E-state index contributed by atoms with van der Waals surface area (Å²) in [4.78, 5) is 22.8. The molecule has 0 aliphatic rings. The van der Waals surface area contributed by atoms with Crippen molar-refractivity contribution in [3.63, 3.8) is 0 Å². The maximum atomic E-state index is 11.6. The Morgan fingerprint density at radius 3 is 2.63 bits per heavy atom. The summed E-state index contributed by atoms with van der Waals surface area (Å²) in [6.45, 7) is 3.54. The topological polar surface area (TPSA) is 84.2 Å². The van der Waals surface area contributed by atoms with E-state index in [4.69, 9.17) is 5.73 Å². The Morgan fingerprint density at radius 2 is 2.05 bits per heavy atom. The van der Waals surface area contributed by atoms with Crippen LogP contribution >= 0.6 is 12.4 Å². The van der Waals surface area contributed by atoms with E-state index in [2.05, 4.69) is 10.6 Å². The molecule has 19 heavy (non-hydrogen) atoms. The largest absolute Gasteiger partial charge is 0.346 e. The molecule has 0 heterocycles. The third-order valence-corrected chi connectivity index (χ3v) is 2.46. The van der Waals surface area contributed by atoms with Crippen molar-refractivity contribution in [3.05, 3.63) is 29.8 Å². The molecule has 0 radical (unpaired) electrons. The van der Waals surface area contributed by atoms with Crippen LogP contribution in [0.15, 0.2) is 24.3 Å². The highest BCUT2D eigenvalue weighted by Gasteiger charge is 2.09. The summed E-state index contributed by atoms with van der Waals surface area (Å²) in [5.41, 5.74) is 7.25. The molecule has 0 spiro atoms. The van der Waals surface area contributed by atoms with E-state index in [0.29, 0.717) is 0 Å². The summed E-state index contributed by atoms with van der Waals surface area (Å²) in [6, 6.07) is 6.99. The van der Waals surface area contributed by atoms with E-state index < -0.39 is 6.04 Å². The first-order valence-corrected chi connectivity index (χ1v) is 5.95. The van der Waals surface area contributed by atoms with Crippen LogP contribution in [0.5, 0.6) is 0 Å². The molecule has 2 amide bonds. The zero-order valence-corrected chi connectivity index (χ0v) is 11.9. The van der Waals surface area contributed by atoms with Crippen molar-refractivity contribution in [2.75, 3.05) is 11.9 Å². The molecule has 1 atom stereocenters. The van der Waals surface area contributed by atoms with E-state index in [1.54, 1.807) is 6.92 Å². The molecule has 0 aromatic heterocycles. The molecular weight excluding hydrogens is 266 g/mol. The molecule has 6 heteroatoms. The van der Waals surface area contributed by atoms with Gasteiger partial charge in [-0.05, 0) is 31.0 Å². The van der Waals surface area contributed by atoms with Crippen LogP contribution in [0.3, 0.4) is 0 Å². The van der Waals surface area contributed by atoms with Crippen LogP contribution in [-0.2, 0) is 16.0 Å². The van der Waals surface area contributed by atoms with Crippen molar-refractivity contribution < 1.29 is 9.59 Å². The molecule has 5 nitrogen and oxygen atoms in total. The molecular formula is C13H20ClN3O2. The van der Waals surface area contributed by atoms with Gasteiger partial charge in [-0.25, -0.2) is 0 Å². The molecule has 1 aromatic rings. The summed E-state index contributed by atoms with van der Waals surface area (Å²) in [5.74, 6) is -0.607. The predicted octanol–water partition coefficient (Wildman–Crippen LogP) is 1.07. The molecule has 106 valence electrons. The maximum Gasteiger partial charge on any atom is 0.243 e. The van der Waals surface area contributed by atoms with Crippen molar-refractivity contribution in [2.45, 2.75) is 26.3 Å². The van der Waals surface area contributed by atoms with Gasteiger partial charge in [-0.15, -0.1) is 12.4 Å².